The molecule has 3 unspecified atom stereocenters. The van der Waals surface area contributed by atoms with E-state index in [1.165, 1.54) is 6.42 Å². The standard InChI is InChI=1S/C18H26N6O/c1-18(2)15(12-7-6-10-25-16(12)18)21-17(19-3)20-11-14-23-22-13-8-4-5-9-24(13)14/h4-5,8-9,12,15-16H,6-7,10-11H2,1-3H3,(H2,19,20,21). The first-order chi connectivity index (χ1) is 12.1. The van der Waals surface area contributed by atoms with Gasteiger partial charge >= 0.3 is 0 Å². The zero-order valence-corrected chi connectivity index (χ0v) is 15.1. The Morgan fingerprint density at radius 1 is 1.40 bits per heavy atom. The Kier molecular flexibility index (Phi) is 4.11. The molecule has 3 heterocycles. The number of aliphatic imine (C=N–C) groups is 1. The number of rotatable bonds is 3. The average molecular weight is 342 g/mol. The van der Waals surface area contributed by atoms with Gasteiger partial charge in [0.1, 0.15) is 0 Å². The van der Waals surface area contributed by atoms with Crippen molar-refractivity contribution in [3.8, 4) is 0 Å². The number of ether oxygens (including phenoxy) is 1. The molecule has 134 valence electrons. The number of fused-ring (bicyclic) bond motifs is 2. The maximum absolute atomic E-state index is 5.98. The molecule has 0 radical (unpaired) electrons. The van der Waals surface area contributed by atoms with E-state index in [0.717, 1.165) is 30.5 Å². The van der Waals surface area contributed by atoms with Crippen LogP contribution in [0.2, 0.25) is 0 Å². The first kappa shape index (κ1) is 16.3. The summed E-state index contributed by atoms with van der Waals surface area (Å²) in [6.07, 6.45) is 4.70. The smallest absolute Gasteiger partial charge is 0.191 e. The Morgan fingerprint density at radius 2 is 2.28 bits per heavy atom. The van der Waals surface area contributed by atoms with Gasteiger partial charge in [0.2, 0.25) is 0 Å². The van der Waals surface area contributed by atoms with Gasteiger partial charge in [0.05, 0.1) is 12.6 Å². The van der Waals surface area contributed by atoms with Gasteiger partial charge in [0.25, 0.3) is 0 Å². The summed E-state index contributed by atoms with van der Waals surface area (Å²) in [5, 5.41) is 15.4. The third kappa shape index (κ3) is 2.76. The van der Waals surface area contributed by atoms with Crippen molar-refractivity contribution < 1.29 is 4.74 Å². The van der Waals surface area contributed by atoms with E-state index in [2.05, 4.69) is 39.7 Å². The highest BCUT2D eigenvalue weighted by Gasteiger charge is 2.58. The lowest BCUT2D eigenvalue weighted by Crippen LogP contribution is -2.71. The molecule has 2 aliphatic rings. The molecular weight excluding hydrogens is 316 g/mol. The fourth-order valence-corrected chi connectivity index (χ4v) is 4.33. The molecule has 0 aromatic carbocycles. The predicted octanol–water partition coefficient (Wildman–Crippen LogP) is 1.60. The SMILES string of the molecule is CN=C(NCc1nnc2ccccn12)NC1C2CCCOC2C1(C)C. The van der Waals surface area contributed by atoms with Gasteiger partial charge < -0.3 is 15.4 Å². The minimum Gasteiger partial charge on any atom is -0.377 e. The molecular formula is C18H26N6O. The zero-order valence-electron chi connectivity index (χ0n) is 15.1. The molecule has 7 nitrogen and oxygen atoms in total. The molecule has 4 rings (SSSR count). The summed E-state index contributed by atoms with van der Waals surface area (Å²) in [4.78, 5) is 4.39. The van der Waals surface area contributed by atoms with Crippen LogP contribution in [0.5, 0.6) is 0 Å². The second-order valence-corrected chi connectivity index (χ2v) is 7.51. The lowest BCUT2D eigenvalue weighted by Gasteiger charge is -2.60. The van der Waals surface area contributed by atoms with Crippen LogP contribution in [0.25, 0.3) is 5.65 Å². The highest BCUT2D eigenvalue weighted by atomic mass is 16.5. The summed E-state index contributed by atoms with van der Waals surface area (Å²) in [7, 11) is 1.80. The van der Waals surface area contributed by atoms with Crippen LogP contribution in [0, 0.1) is 11.3 Å². The average Bonchev–Trinajstić information content (AvgIpc) is 3.05. The highest BCUT2D eigenvalue weighted by molar-refractivity contribution is 5.80. The molecule has 2 fully saturated rings. The van der Waals surface area contributed by atoms with E-state index in [1.54, 1.807) is 7.05 Å². The van der Waals surface area contributed by atoms with Crippen LogP contribution in [0.1, 0.15) is 32.5 Å². The number of hydrogen-bond acceptors (Lipinski definition) is 4. The van der Waals surface area contributed by atoms with Crippen LogP contribution in [0.15, 0.2) is 29.4 Å². The van der Waals surface area contributed by atoms with E-state index in [0.29, 0.717) is 24.6 Å². The van der Waals surface area contributed by atoms with Crippen molar-refractivity contribution in [1.29, 1.82) is 0 Å². The fourth-order valence-electron chi connectivity index (χ4n) is 4.33. The van der Waals surface area contributed by atoms with E-state index < -0.39 is 0 Å². The van der Waals surface area contributed by atoms with Crippen LogP contribution in [-0.2, 0) is 11.3 Å². The number of pyridine rings is 1. The second kappa shape index (κ2) is 6.29. The Bertz CT molecular complexity index is 783. The molecule has 2 aromatic heterocycles. The molecule has 3 atom stereocenters. The van der Waals surface area contributed by atoms with E-state index in [-0.39, 0.29) is 5.41 Å². The maximum atomic E-state index is 5.98. The Morgan fingerprint density at radius 3 is 3.12 bits per heavy atom. The second-order valence-electron chi connectivity index (χ2n) is 7.51. The topological polar surface area (TPSA) is 75.8 Å². The van der Waals surface area contributed by atoms with Gasteiger partial charge in [0.15, 0.2) is 17.4 Å². The molecule has 1 saturated carbocycles. The number of guanidine groups is 1. The van der Waals surface area contributed by atoms with Crippen LogP contribution in [-0.4, -0.2) is 46.4 Å². The zero-order chi connectivity index (χ0) is 17.4. The summed E-state index contributed by atoms with van der Waals surface area (Å²) in [6.45, 7) is 6.01. The van der Waals surface area contributed by atoms with E-state index in [9.17, 15) is 0 Å². The fraction of sp³-hybridized carbons (Fsp3) is 0.611. The van der Waals surface area contributed by atoms with Crippen molar-refractivity contribution in [3.63, 3.8) is 0 Å². The van der Waals surface area contributed by atoms with Gasteiger partial charge in [-0.3, -0.25) is 9.39 Å². The van der Waals surface area contributed by atoms with Gasteiger partial charge in [-0.1, -0.05) is 19.9 Å². The minimum atomic E-state index is 0.115. The Hall–Kier alpha value is -2.15. The van der Waals surface area contributed by atoms with Gasteiger partial charge in [-0.25, -0.2) is 0 Å². The van der Waals surface area contributed by atoms with Gasteiger partial charge in [-0.2, -0.15) is 0 Å². The first-order valence-corrected chi connectivity index (χ1v) is 8.98. The van der Waals surface area contributed by atoms with Crippen molar-refractivity contribution in [3.05, 3.63) is 30.2 Å². The van der Waals surface area contributed by atoms with Crippen molar-refractivity contribution in [2.45, 2.75) is 45.4 Å². The lowest BCUT2D eigenvalue weighted by atomic mass is 9.55. The van der Waals surface area contributed by atoms with E-state index in [1.807, 2.05) is 28.8 Å². The predicted molar refractivity (Wildman–Crippen MR) is 96.4 cm³/mol. The van der Waals surface area contributed by atoms with Crippen molar-refractivity contribution in [1.82, 2.24) is 25.2 Å². The third-order valence-corrected chi connectivity index (χ3v) is 5.65. The highest BCUT2D eigenvalue weighted by Crippen LogP contribution is 2.51. The molecule has 2 N–H and O–H groups in total. The summed E-state index contributed by atoms with van der Waals surface area (Å²) >= 11 is 0. The number of nitrogens with one attached hydrogen (secondary N) is 2. The molecule has 1 aliphatic heterocycles. The largest absolute Gasteiger partial charge is 0.377 e. The summed E-state index contributed by atoms with van der Waals surface area (Å²) < 4.78 is 7.97. The third-order valence-electron chi connectivity index (χ3n) is 5.65. The van der Waals surface area contributed by atoms with Crippen LogP contribution >= 0.6 is 0 Å². The van der Waals surface area contributed by atoms with Crippen LogP contribution in [0.3, 0.4) is 0 Å². The molecule has 0 bridgehead atoms. The van der Waals surface area contributed by atoms with Crippen molar-refractivity contribution in [2.24, 2.45) is 16.3 Å². The molecule has 0 spiro atoms. The van der Waals surface area contributed by atoms with Crippen molar-refractivity contribution in [2.75, 3.05) is 13.7 Å². The maximum Gasteiger partial charge on any atom is 0.191 e. The summed E-state index contributed by atoms with van der Waals surface area (Å²) in [5.41, 5.74) is 0.967. The van der Waals surface area contributed by atoms with Crippen molar-refractivity contribution >= 4 is 11.6 Å². The lowest BCUT2D eigenvalue weighted by molar-refractivity contribution is -0.188. The van der Waals surface area contributed by atoms with Gasteiger partial charge in [-0.05, 0) is 25.0 Å². The van der Waals surface area contributed by atoms with E-state index >= 15 is 0 Å². The normalized spacial score (nSPS) is 28.3. The Labute approximate surface area is 147 Å². The van der Waals surface area contributed by atoms with Crippen LogP contribution < -0.4 is 10.6 Å². The Balaban J connectivity index is 1.41. The number of nitrogens with zero attached hydrogens (tertiary/aromatic N) is 4. The van der Waals surface area contributed by atoms with Gasteiger partial charge in [0, 0.05) is 37.2 Å². The molecule has 7 heteroatoms. The molecule has 0 amide bonds. The molecule has 25 heavy (non-hydrogen) atoms. The number of aromatic nitrogens is 3. The summed E-state index contributed by atoms with van der Waals surface area (Å²) in [5.74, 6) is 2.23. The quantitative estimate of drug-likeness (QED) is 0.654. The minimum absolute atomic E-state index is 0.115. The van der Waals surface area contributed by atoms with E-state index in [4.69, 9.17) is 4.74 Å². The molecule has 1 aliphatic carbocycles. The van der Waals surface area contributed by atoms with Crippen LogP contribution in [0.4, 0.5) is 0 Å². The molecule has 2 aromatic rings. The number of hydrogen-bond donors (Lipinski definition) is 2. The summed E-state index contributed by atoms with van der Waals surface area (Å²) in [6, 6.07) is 6.26. The first-order valence-electron chi connectivity index (χ1n) is 8.98. The monoisotopic (exact) mass is 342 g/mol. The van der Waals surface area contributed by atoms with Gasteiger partial charge in [-0.15, -0.1) is 10.2 Å². The molecule has 1 saturated heterocycles.